The number of likely N-dealkylation sites (tertiary alicyclic amines) is 1. The summed E-state index contributed by atoms with van der Waals surface area (Å²) in [6, 6.07) is 13.8. The van der Waals surface area contributed by atoms with Gasteiger partial charge in [-0.2, -0.15) is 0 Å². The fourth-order valence-corrected chi connectivity index (χ4v) is 18.0. The van der Waals surface area contributed by atoms with Crippen molar-refractivity contribution in [3.63, 3.8) is 0 Å². The van der Waals surface area contributed by atoms with Crippen molar-refractivity contribution in [3.05, 3.63) is 72.4 Å². The maximum absolute atomic E-state index is 15.8. The van der Waals surface area contributed by atoms with Crippen LogP contribution in [0.5, 0.6) is 0 Å². The minimum Gasteiger partial charge on any atom is -0.462 e. The summed E-state index contributed by atoms with van der Waals surface area (Å²) in [4.78, 5) is 58.3. The number of benzene rings is 1. The molecule has 8 aliphatic rings. The third-order valence-corrected chi connectivity index (χ3v) is 22.4. The van der Waals surface area contributed by atoms with Gasteiger partial charge >= 0.3 is 11.9 Å². The molecule has 3 aromatic rings. The summed E-state index contributed by atoms with van der Waals surface area (Å²) < 4.78 is 12.4. The van der Waals surface area contributed by atoms with E-state index in [-0.39, 0.29) is 69.6 Å². The molecule has 13 atom stereocenters. The van der Waals surface area contributed by atoms with Crippen molar-refractivity contribution >= 4 is 17.8 Å². The van der Waals surface area contributed by atoms with Gasteiger partial charge in [-0.15, -0.1) is 0 Å². The highest BCUT2D eigenvalue weighted by molar-refractivity contribution is 5.85. The number of hydrogen-bond acceptors (Lipinski definition) is 7. The summed E-state index contributed by atoms with van der Waals surface area (Å²) in [5, 5.41) is 0. The van der Waals surface area contributed by atoms with Crippen LogP contribution >= 0.6 is 0 Å². The number of H-pyrrole nitrogens is 1. The monoisotopic (exact) mass is 911 g/mol. The topological polar surface area (TPSA) is 114 Å². The third kappa shape index (κ3) is 6.74. The number of fused-ring (bicyclic) bond motifs is 7. The van der Waals surface area contributed by atoms with Crippen molar-refractivity contribution in [2.75, 3.05) is 6.54 Å². The molecule has 11 rings (SSSR count). The zero-order valence-corrected chi connectivity index (χ0v) is 41.9. The van der Waals surface area contributed by atoms with Crippen LogP contribution in [-0.4, -0.2) is 50.3 Å². The Bertz CT molecular complexity index is 2390. The van der Waals surface area contributed by atoms with E-state index in [2.05, 4.69) is 62.5 Å². The van der Waals surface area contributed by atoms with Crippen molar-refractivity contribution in [3.8, 4) is 11.3 Å². The molecular weight excluding hydrogens is 833 g/mol. The summed E-state index contributed by atoms with van der Waals surface area (Å²) in [5.41, 5.74) is 2.78. The molecule has 1 aliphatic heterocycles. The van der Waals surface area contributed by atoms with E-state index < -0.39 is 5.41 Å². The highest BCUT2D eigenvalue weighted by atomic mass is 16.5. The standard InChI is InChI=1S/C58H78N4O5/c1-52(2)40(49(63)66-35-36-14-10-9-11-15-36)32-41(52)50(64)67-46-22-23-55(6)44(53(46,3)4)21-24-57(8)45(55)19-18-39-47-38(54(5)26-27-54)20-25-58(47,29-28-56(39,57)7)51(65)62-31-13-17-43(62)48-60-34-42(61-48)37-16-12-30-59-33-37/h9-12,14-16,30,33-34,38-41,43-47H,13,17-29,31-32,35H2,1-8H3,(H,60,61)/t38-,39-,40?,41?,43?,44+,45?,46+,47?,55+,56-,57-,58+/m1/s1. The van der Waals surface area contributed by atoms with Gasteiger partial charge in [0.25, 0.3) is 0 Å². The number of nitrogens with zero attached hydrogens (tertiary/aromatic N) is 3. The van der Waals surface area contributed by atoms with Gasteiger partial charge in [0.2, 0.25) is 5.91 Å². The Balaban J connectivity index is 0.806. The fraction of sp³-hybridized carbons (Fsp3) is 0.707. The van der Waals surface area contributed by atoms with Gasteiger partial charge in [0.1, 0.15) is 18.5 Å². The first-order valence-electron chi connectivity index (χ1n) is 26.5. The van der Waals surface area contributed by atoms with E-state index in [1.807, 2.05) is 62.6 Å². The van der Waals surface area contributed by atoms with Crippen LogP contribution in [0.15, 0.2) is 61.1 Å². The number of nitrogens with one attached hydrogen (secondary N) is 1. The lowest BCUT2D eigenvalue weighted by atomic mass is 9.32. The Kier molecular flexibility index (Phi) is 10.7. The number of hydrogen-bond donors (Lipinski definition) is 1. The highest BCUT2D eigenvalue weighted by Gasteiger charge is 2.74. The summed E-state index contributed by atoms with van der Waals surface area (Å²) in [6.07, 6.45) is 21.6. The van der Waals surface area contributed by atoms with E-state index in [0.717, 1.165) is 80.6 Å². The predicted molar refractivity (Wildman–Crippen MR) is 258 cm³/mol. The van der Waals surface area contributed by atoms with E-state index in [9.17, 15) is 9.59 Å². The Hall–Kier alpha value is -4.01. The van der Waals surface area contributed by atoms with Gasteiger partial charge < -0.3 is 19.4 Å². The highest BCUT2D eigenvalue weighted by Crippen LogP contribution is 2.79. The molecule has 7 saturated carbocycles. The Labute approximate surface area is 400 Å². The van der Waals surface area contributed by atoms with Gasteiger partial charge in [-0.3, -0.25) is 19.4 Å². The number of amides is 1. The first kappa shape index (κ1) is 45.4. The van der Waals surface area contributed by atoms with Gasteiger partial charge in [0.15, 0.2) is 0 Å². The number of carbonyl (C=O) groups is 3. The second-order valence-electron chi connectivity index (χ2n) is 25.8. The van der Waals surface area contributed by atoms with E-state index in [4.69, 9.17) is 14.5 Å². The number of ether oxygens (including phenoxy) is 2. The van der Waals surface area contributed by atoms with Gasteiger partial charge in [0.05, 0.1) is 35.2 Å². The van der Waals surface area contributed by atoms with E-state index in [1.165, 1.54) is 38.5 Å². The normalized spacial score (nSPS) is 40.8. The molecule has 9 nitrogen and oxygen atoms in total. The van der Waals surface area contributed by atoms with Crippen LogP contribution in [0.4, 0.5) is 0 Å². The number of rotatable bonds is 9. The van der Waals surface area contributed by atoms with Crippen LogP contribution in [-0.2, 0) is 30.5 Å². The van der Waals surface area contributed by atoms with Crippen LogP contribution < -0.4 is 0 Å². The molecule has 3 heterocycles. The fourth-order valence-electron chi connectivity index (χ4n) is 18.0. The SMILES string of the molecule is CC1(C)C(C(=O)OCc2ccccc2)CC1C(=O)O[C@H]1CC[C@]2(C)C3CC[C@@H]4C5[C@H](C6(C)CC6)CC[C@]5(C(=O)N5CCCC5c5ncc(-c6cccnc6)[nH]5)CC[C@@]4(C)[C@]3(C)CC[C@H]2C1(C)C. The van der Waals surface area contributed by atoms with Crippen molar-refractivity contribution in [2.24, 2.45) is 79.3 Å². The zero-order valence-electron chi connectivity index (χ0n) is 41.9. The molecule has 67 heavy (non-hydrogen) atoms. The lowest BCUT2D eigenvalue weighted by molar-refractivity contribution is -0.253. The lowest BCUT2D eigenvalue weighted by Gasteiger charge is -2.73. The number of aromatic nitrogens is 3. The average molecular weight is 911 g/mol. The second-order valence-corrected chi connectivity index (χ2v) is 25.8. The average Bonchev–Trinajstić information content (AvgIpc) is 3.68. The van der Waals surface area contributed by atoms with E-state index >= 15 is 4.79 Å². The van der Waals surface area contributed by atoms with Crippen molar-refractivity contribution in [1.82, 2.24) is 19.9 Å². The molecule has 2 aromatic heterocycles. The third-order valence-electron chi connectivity index (χ3n) is 22.4. The van der Waals surface area contributed by atoms with E-state index in [0.29, 0.717) is 47.3 Å². The van der Waals surface area contributed by atoms with Crippen molar-refractivity contribution < 1.29 is 23.9 Å². The molecule has 1 amide bonds. The van der Waals surface area contributed by atoms with Gasteiger partial charge in [0, 0.05) is 29.9 Å². The minimum absolute atomic E-state index is 0.0100. The van der Waals surface area contributed by atoms with Gasteiger partial charge in [-0.25, -0.2) is 4.98 Å². The summed E-state index contributed by atoms with van der Waals surface area (Å²) in [6.45, 7) is 20.5. The van der Waals surface area contributed by atoms with Gasteiger partial charge in [-0.1, -0.05) is 85.7 Å². The number of esters is 2. The lowest BCUT2D eigenvalue weighted by Crippen LogP contribution is -2.67. The molecule has 0 bridgehead atoms. The molecule has 8 fully saturated rings. The summed E-state index contributed by atoms with van der Waals surface area (Å²) in [7, 11) is 0. The molecule has 9 heteroatoms. The molecule has 1 saturated heterocycles. The van der Waals surface area contributed by atoms with Crippen LogP contribution in [0.1, 0.15) is 169 Å². The first-order valence-corrected chi connectivity index (χ1v) is 26.5. The van der Waals surface area contributed by atoms with Crippen LogP contribution in [0.3, 0.4) is 0 Å². The number of aromatic amines is 1. The Morgan fingerprint density at radius 3 is 2.22 bits per heavy atom. The molecule has 7 aliphatic carbocycles. The molecule has 360 valence electrons. The Morgan fingerprint density at radius 2 is 1.49 bits per heavy atom. The quantitative estimate of drug-likeness (QED) is 0.213. The molecular formula is C58H78N4O5. The Morgan fingerprint density at radius 1 is 0.716 bits per heavy atom. The summed E-state index contributed by atoms with van der Waals surface area (Å²) >= 11 is 0. The number of imidazole rings is 1. The van der Waals surface area contributed by atoms with Crippen molar-refractivity contribution in [2.45, 2.75) is 170 Å². The number of carbonyl (C=O) groups excluding carboxylic acids is 3. The molecule has 5 unspecified atom stereocenters. The van der Waals surface area contributed by atoms with Gasteiger partial charge in [-0.05, 0) is 171 Å². The first-order chi connectivity index (χ1) is 31.9. The second kappa shape index (κ2) is 15.8. The molecule has 0 spiro atoms. The zero-order chi connectivity index (χ0) is 46.9. The van der Waals surface area contributed by atoms with Crippen molar-refractivity contribution in [1.29, 1.82) is 0 Å². The molecule has 0 radical (unpaired) electrons. The van der Waals surface area contributed by atoms with E-state index in [1.54, 1.807) is 6.20 Å². The summed E-state index contributed by atoms with van der Waals surface area (Å²) in [5.74, 6) is 2.97. The minimum atomic E-state index is -0.517. The van der Waals surface area contributed by atoms with Crippen LogP contribution in [0.2, 0.25) is 0 Å². The predicted octanol–water partition coefficient (Wildman–Crippen LogP) is 12.3. The largest absolute Gasteiger partial charge is 0.462 e. The maximum Gasteiger partial charge on any atom is 0.309 e. The van der Waals surface area contributed by atoms with Crippen LogP contribution in [0, 0.1) is 79.3 Å². The number of pyridine rings is 1. The molecule has 1 N–H and O–H groups in total. The maximum atomic E-state index is 15.8. The smallest absolute Gasteiger partial charge is 0.309 e. The molecule has 1 aromatic carbocycles. The van der Waals surface area contributed by atoms with Crippen LogP contribution in [0.25, 0.3) is 11.3 Å².